The Kier molecular flexibility index (Phi) is 9.15. The molecule has 0 amide bonds. The molecule has 13 rings (SSSR count). The highest BCUT2D eigenvalue weighted by molar-refractivity contribution is 5.93. The zero-order valence-electron chi connectivity index (χ0n) is 38.9. The largest absolute Gasteiger partial charge is 0.310 e. The number of para-hydroxylation sites is 5. The Morgan fingerprint density at radius 3 is 0.957 bits per heavy atom. The molecule has 2 aliphatic carbocycles. The first-order chi connectivity index (χ1) is 33.7. The van der Waals surface area contributed by atoms with E-state index in [1.165, 1.54) is 44.5 Å². The van der Waals surface area contributed by atoms with Crippen LogP contribution >= 0.6 is 0 Å². The Morgan fingerprint density at radius 2 is 0.580 bits per heavy atom. The van der Waals surface area contributed by atoms with Gasteiger partial charge < -0.3 is 4.90 Å². The van der Waals surface area contributed by atoms with Crippen molar-refractivity contribution in [2.75, 3.05) is 4.90 Å². The molecule has 0 unspecified atom stereocenters. The second-order valence-electron chi connectivity index (χ2n) is 19.5. The van der Waals surface area contributed by atoms with Gasteiger partial charge >= 0.3 is 0 Å². The Bertz CT molecular complexity index is 3610. The SMILES string of the molecule is CC1(C)c2cc(-c3nc4ccccc4nc3-c3ccccc3)ccc2-c2ccc(N(c3ccccc3)c3ccc4c(c3)C(C)(C)c3cc(-c5nc6ccccc6nc5-c5ccccc5)ccc3-4)cc21. The standard InChI is InChI=1S/C64H47N5/c1-63(2)51-36-42(61-59(40-18-8-5-9-19-40)65-55-24-14-16-26-57(55)67-61)28-32-47(51)49-34-30-45(38-53(49)63)69(44-22-12-7-13-23-44)46-31-35-50-48-33-29-43(37-52(48)64(3,4)54(50)39-46)62-60(41-20-10-6-11-21-41)66-56-25-15-17-27-58(56)68-62/h5-39H,1-4H3. The second-order valence-corrected chi connectivity index (χ2v) is 19.5. The minimum absolute atomic E-state index is 0.286. The molecule has 11 aromatic rings. The van der Waals surface area contributed by atoms with Gasteiger partial charge in [-0.1, -0.05) is 167 Å². The van der Waals surface area contributed by atoms with Gasteiger partial charge in [0.15, 0.2) is 0 Å². The number of hydrogen-bond acceptors (Lipinski definition) is 5. The Balaban J connectivity index is 0.888. The second kappa shape index (κ2) is 15.5. The molecule has 2 heterocycles. The van der Waals surface area contributed by atoms with Crippen LogP contribution in [0.4, 0.5) is 17.1 Å². The van der Waals surface area contributed by atoms with Crippen molar-refractivity contribution in [3.05, 3.63) is 235 Å². The highest BCUT2D eigenvalue weighted by Gasteiger charge is 2.39. The third-order valence-electron chi connectivity index (χ3n) is 14.6. The molecular formula is C64H47N5. The zero-order chi connectivity index (χ0) is 46.4. The quantitative estimate of drug-likeness (QED) is 0.160. The summed E-state index contributed by atoms with van der Waals surface area (Å²) in [5, 5.41) is 0. The van der Waals surface area contributed by atoms with E-state index >= 15 is 0 Å². The molecule has 69 heavy (non-hydrogen) atoms. The minimum Gasteiger partial charge on any atom is -0.310 e. The molecule has 0 fully saturated rings. The van der Waals surface area contributed by atoms with Gasteiger partial charge in [0.1, 0.15) is 0 Å². The predicted octanol–water partition coefficient (Wildman–Crippen LogP) is 16.3. The van der Waals surface area contributed by atoms with Gasteiger partial charge in [0, 0.05) is 50.1 Å². The summed E-state index contributed by atoms with van der Waals surface area (Å²) < 4.78 is 0. The fourth-order valence-electron chi connectivity index (χ4n) is 11.0. The van der Waals surface area contributed by atoms with Gasteiger partial charge in [0.05, 0.1) is 44.8 Å². The van der Waals surface area contributed by atoms with E-state index in [1.807, 2.05) is 48.5 Å². The molecule has 5 nitrogen and oxygen atoms in total. The molecule has 2 aromatic heterocycles. The number of rotatable bonds is 7. The lowest BCUT2D eigenvalue weighted by Crippen LogP contribution is -2.18. The van der Waals surface area contributed by atoms with Gasteiger partial charge in [-0.15, -0.1) is 0 Å². The van der Waals surface area contributed by atoms with Crippen LogP contribution in [0.1, 0.15) is 49.9 Å². The molecule has 0 atom stereocenters. The summed E-state index contributed by atoms with van der Waals surface area (Å²) in [6.45, 7) is 9.44. The van der Waals surface area contributed by atoms with Crippen LogP contribution in [0.25, 0.3) is 89.4 Å². The van der Waals surface area contributed by atoms with Crippen LogP contribution in [0.15, 0.2) is 212 Å². The van der Waals surface area contributed by atoms with Crippen molar-refractivity contribution < 1.29 is 0 Å². The van der Waals surface area contributed by atoms with Crippen molar-refractivity contribution in [1.29, 1.82) is 0 Å². The average molecular weight is 886 g/mol. The molecule has 0 radical (unpaired) electrons. The van der Waals surface area contributed by atoms with Gasteiger partial charge in [-0.2, -0.15) is 0 Å². The molecule has 5 heteroatoms. The summed E-state index contributed by atoms with van der Waals surface area (Å²) >= 11 is 0. The van der Waals surface area contributed by atoms with Crippen molar-refractivity contribution in [2.45, 2.75) is 38.5 Å². The van der Waals surface area contributed by atoms with Gasteiger partial charge in [0.2, 0.25) is 0 Å². The van der Waals surface area contributed by atoms with Gasteiger partial charge in [-0.25, -0.2) is 19.9 Å². The van der Waals surface area contributed by atoms with E-state index in [0.29, 0.717) is 0 Å². The first-order valence-electron chi connectivity index (χ1n) is 23.8. The Labute approximate surface area is 402 Å². The van der Waals surface area contributed by atoms with Crippen molar-refractivity contribution in [3.63, 3.8) is 0 Å². The first kappa shape index (κ1) is 40.7. The summed E-state index contributed by atoms with van der Waals surface area (Å²) in [4.78, 5) is 23.3. The summed E-state index contributed by atoms with van der Waals surface area (Å²) in [6.07, 6.45) is 0. The zero-order valence-corrected chi connectivity index (χ0v) is 38.9. The van der Waals surface area contributed by atoms with Gasteiger partial charge in [-0.3, -0.25) is 0 Å². The molecule has 0 spiro atoms. The molecule has 0 saturated heterocycles. The number of anilines is 3. The normalized spacial score (nSPS) is 13.7. The fraction of sp³-hybridized carbons (Fsp3) is 0.0938. The van der Waals surface area contributed by atoms with E-state index in [1.54, 1.807) is 0 Å². The van der Waals surface area contributed by atoms with Gasteiger partial charge in [-0.05, 0) is 117 Å². The topological polar surface area (TPSA) is 54.8 Å². The third kappa shape index (κ3) is 6.52. The van der Waals surface area contributed by atoms with Crippen LogP contribution < -0.4 is 4.90 Å². The molecular weight excluding hydrogens is 839 g/mol. The molecule has 0 saturated carbocycles. The first-order valence-corrected chi connectivity index (χ1v) is 23.8. The van der Waals surface area contributed by atoms with Crippen molar-refractivity contribution in [3.8, 4) is 67.3 Å². The fourth-order valence-corrected chi connectivity index (χ4v) is 11.0. The van der Waals surface area contributed by atoms with E-state index in [-0.39, 0.29) is 10.8 Å². The highest BCUT2D eigenvalue weighted by Crippen LogP contribution is 2.54. The maximum absolute atomic E-state index is 5.27. The minimum atomic E-state index is -0.286. The number of aromatic nitrogens is 4. The van der Waals surface area contributed by atoms with Crippen LogP contribution in [0.5, 0.6) is 0 Å². The van der Waals surface area contributed by atoms with Crippen molar-refractivity contribution >= 4 is 39.1 Å². The van der Waals surface area contributed by atoms with E-state index in [0.717, 1.165) is 84.2 Å². The lowest BCUT2D eigenvalue weighted by molar-refractivity contribution is 0.660. The van der Waals surface area contributed by atoms with E-state index in [9.17, 15) is 0 Å². The van der Waals surface area contributed by atoms with Crippen LogP contribution in [-0.4, -0.2) is 19.9 Å². The average Bonchev–Trinajstić information content (AvgIpc) is 3.76. The number of nitrogens with zero attached hydrogens (tertiary/aromatic N) is 5. The van der Waals surface area contributed by atoms with E-state index in [4.69, 9.17) is 19.9 Å². The number of benzene rings is 9. The van der Waals surface area contributed by atoms with Crippen LogP contribution in [0.2, 0.25) is 0 Å². The Morgan fingerprint density at radius 1 is 0.275 bits per heavy atom. The number of hydrogen-bond donors (Lipinski definition) is 0. The van der Waals surface area contributed by atoms with Crippen LogP contribution in [0.3, 0.4) is 0 Å². The molecule has 9 aromatic carbocycles. The predicted molar refractivity (Wildman–Crippen MR) is 284 cm³/mol. The monoisotopic (exact) mass is 885 g/mol. The highest BCUT2D eigenvalue weighted by atomic mass is 15.1. The van der Waals surface area contributed by atoms with Crippen LogP contribution in [-0.2, 0) is 10.8 Å². The summed E-state index contributed by atoms with van der Waals surface area (Å²) in [5.41, 5.74) is 24.3. The maximum Gasteiger partial charge on any atom is 0.0973 e. The molecule has 2 aliphatic rings. The summed E-state index contributed by atoms with van der Waals surface area (Å²) in [6, 6.07) is 75.7. The maximum atomic E-state index is 5.27. The van der Waals surface area contributed by atoms with Crippen molar-refractivity contribution in [2.24, 2.45) is 0 Å². The summed E-state index contributed by atoms with van der Waals surface area (Å²) in [5.74, 6) is 0. The molecule has 0 N–H and O–H groups in total. The van der Waals surface area contributed by atoms with Crippen LogP contribution in [0, 0.1) is 0 Å². The smallest absolute Gasteiger partial charge is 0.0973 e. The van der Waals surface area contributed by atoms with Gasteiger partial charge in [0.25, 0.3) is 0 Å². The summed E-state index contributed by atoms with van der Waals surface area (Å²) in [7, 11) is 0. The third-order valence-corrected chi connectivity index (χ3v) is 14.6. The van der Waals surface area contributed by atoms with E-state index in [2.05, 4.69) is 196 Å². The lowest BCUT2D eigenvalue weighted by Gasteiger charge is -2.29. The molecule has 328 valence electrons. The number of fused-ring (bicyclic) bond motifs is 8. The van der Waals surface area contributed by atoms with E-state index < -0.39 is 0 Å². The van der Waals surface area contributed by atoms with Crippen molar-refractivity contribution in [1.82, 2.24) is 19.9 Å². The lowest BCUT2D eigenvalue weighted by atomic mass is 9.81. The Hall–Kier alpha value is -8.54. The molecule has 0 bridgehead atoms. The molecule has 0 aliphatic heterocycles.